The van der Waals surface area contributed by atoms with Crippen molar-refractivity contribution < 1.29 is 4.79 Å². The molecule has 0 radical (unpaired) electrons. The van der Waals surface area contributed by atoms with Crippen molar-refractivity contribution in [1.29, 1.82) is 5.26 Å². The van der Waals surface area contributed by atoms with Crippen LogP contribution in [0.2, 0.25) is 5.02 Å². The fourth-order valence-electron chi connectivity index (χ4n) is 1.85. The van der Waals surface area contributed by atoms with Gasteiger partial charge in [0.25, 0.3) is 5.91 Å². The zero-order chi connectivity index (χ0) is 15.2. The lowest BCUT2D eigenvalue weighted by Crippen LogP contribution is -2.18. The van der Waals surface area contributed by atoms with Gasteiger partial charge in [-0.25, -0.2) is 0 Å². The summed E-state index contributed by atoms with van der Waals surface area (Å²) in [6.45, 7) is 0.598. The first-order valence-corrected chi connectivity index (χ1v) is 6.76. The van der Waals surface area contributed by atoms with Crippen molar-refractivity contribution in [3.05, 3.63) is 64.2 Å². The molecule has 2 N–H and O–H groups in total. The molecule has 106 valence electrons. The normalized spacial score (nSPS) is 9.76. The first-order chi connectivity index (χ1) is 10.1. The summed E-state index contributed by atoms with van der Waals surface area (Å²) in [5.74, 6) is -0.220. The first-order valence-electron chi connectivity index (χ1n) is 6.38. The number of hydrogen-bond donors (Lipinski definition) is 2. The molecule has 4 nitrogen and oxygen atoms in total. The summed E-state index contributed by atoms with van der Waals surface area (Å²) in [5.41, 5.74) is 2.92. The van der Waals surface area contributed by atoms with Gasteiger partial charge in [0.05, 0.1) is 22.2 Å². The molecule has 5 heteroatoms. The molecule has 0 aromatic heterocycles. The molecular weight excluding hydrogens is 286 g/mol. The van der Waals surface area contributed by atoms with Crippen molar-refractivity contribution in [3.8, 4) is 6.07 Å². The van der Waals surface area contributed by atoms with Crippen molar-refractivity contribution in [3.63, 3.8) is 0 Å². The highest BCUT2D eigenvalue weighted by Gasteiger charge is 2.09. The lowest BCUT2D eigenvalue weighted by molar-refractivity contribution is 0.0963. The number of anilines is 1. The molecule has 0 spiro atoms. The Morgan fingerprint density at radius 3 is 2.57 bits per heavy atom. The third-order valence-corrected chi connectivity index (χ3v) is 3.35. The molecule has 0 unspecified atom stereocenters. The molecule has 0 bridgehead atoms. The second-order valence-electron chi connectivity index (χ2n) is 4.44. The Hall–Kier alpha value is -2.51. The average Bonchev–Trinajstić information content (AvgIpc) is 2.53. The van der Waals surface area contributed by atoms with Gasteiger partial charge in [-0.15, -0.1) is 0 Å². The van der Waals surface area contributed by atoms with E-state index in [1.54, 1.807) is 31.3 Å². The summed E-state index contributed by atoms with van der Waals surface area (Å²) in [4.78, 5) is 11.7. The van der Waals surface area contributed by atoms with E-state index in [1.165, 1.54) is 0 Å². The first kappa shape index (κ1) is 14.9. The van der Waals surface area contributed by atoms with Gasteiger partial charge >= 0.3 is 0 Å². The number of halogens is 1. The van der Waals surface area contributed by atoms with Gasteiger partial charge in [0.15, 0.2) is 0 Å². The average molecular weight is 300 g/mol. The van der Waals surface area contributed by atoms with Crippen molar-refractivity contribution in [2.24, 2.45) is 0 Å². The molecular formula is C16H14ClN3O. The summed E-state index contributed by atoms with van der Waals surface area (Å²) in [6.07, 6.45) is 0. The van der Waals surface area contributed by atoms with Crippen LogP contribution < -0.4 is 10.6 Å². The molecule has 2 aromatic carbocycles. The largest absolute Gasteiger partial charge is 0.381 e. The Balaban J connectivity index is 2.09. The lowest BCUT2D eigenvalue weighted by atomic mass is 10.1. The Bertz CT molecular complexity index is 690. The smallest absolute Gasteiger partial charge is 0.252 e. The van der Waals surface area contributed by atoms with E-state index in [4.69, 9.17) is 16.9 Å². The van der Waals surface area contributed by atoms with Crippen LogP contribution in [0.3, 0.4) is 0 Å². The number of amides is 1. The lowest BCUT2D eigenvalue weighted by Gasteiger charge is -2.09. The molecule has 0 saturated carbocycles. The van der Waals surface area contributed by atoms with Crippen LogP contribution in [0.1, 0.15) is 21.5 Å². The number of benzene rings is 2. The van der Waals surface area contributed by atoms with Crippen LogP contribution in [0.5, 0.6) is 0 Å². The maximum absolute atomic E-state index is 11.7. The fraction of sp³-hybridized carbons (Fsp3) is 0.125. The van der Waals surface area contributed by atoms with Crippen LogP contribution in [0.25, 0.3) is 0 Å². The van der Waals surface area contributed by atoms with Crippen LogP contribution in [-0.2, 0) is 6.54 Å². The summed E-state index contributed by atoms with van der Waals surface area (Å²) in [7, 11) is 1.56. The molecule has 2 rings (SSSR count). The molecule has 2 aromatic rings. The van der Waals surface area contributed by atoms with Crippen LogP contribution in [0, 0.1) is 11.3 Å². The minimum absolute atomic E-state index is 0.220. The molecule has 0 fully saturated rings. The topological polar surface area (TPSA) is 64.9 Å². The molecule has 0 aliphatic heterocycles. The molecule has 1 amide bonds. The maximum atomic E-state index is 11.7. The maximum Gasteiger partial charge on any atom is 0.252 e. The fourth-order valence-corrected chi connectivity index (χ4v) is 2.05. The molecule has 21 heavy (non-hydrogen) atoms. The standard InChI is InChI=1S/C16H14ClN3O/c1-19-16(21)14-8-13(6-7-15(14)17)20-10-12-4-2-11(9-18)3-5-12/h2-8,20H,10H2,1H3,(H,19,21). The summed E-state index contributed by atoms with van der Waals surface area (Å²) in [5, 5.41) is 14.9. The number of nitrogens with one attached hydrogen (secondary N) is 2. The van der Waals surface area contributed by atoms with Crippen LogP contribution >= 0.6 is 11.6 Å². The van der Waals surface area contributed by atoms with E-state index in [9.17, 15) is 4.79 Å². The highest BCUT2D eigenvalue weighted by molar-refractivity contribution is 6.34. The Morgan fingerprint density at radius 1 is 1.24 bits per heavy atom. The molecule has 0 saturated heterocycles. The van der Waals surface area contributed by atoms with Crippen molar-refractivity contribution in [2.75, 3.05) is 12.4 Å². The predicted molar refractivity (Wildman–Crippen MR) is 83.3 cm³/mol. The van der Waals surface area contributed by atoms with Gasteiger partial charge in [0, 0.05) is 19.3 Å². The third kappa shape index (κ3) is 3.74. The van der Waals surface area contributed by atoms with Gasteiger partial charge in [-0.05, 0) is 35.9 Å². The molecule has 0 aliphatic carbocycles. The second-order valence-corrected chi connectivity index (χ2v) is 4.84. The van der Waals surface area contributed by atoms with E-state index < -0.39 is 0 Å². The minimum atomic E-state index is -0.220. The quantitative estimate of drug-likeness (QED) is 0.911. The number of rotatable bonds is 4. The number of carbonyl (C=O) groups is 1. The van der Waals surface area contributed by atoms with Crippen LogP contribution in [0.15, 0.2) is 42.5 Å². The third-order valence-electron chi connectivity index (χ3n) is 3.02. The van der Waals surface area contributed by atoms with Gasteiger partial charge in [0.1, 0.15) is 0 Å². The van der Waals surface area contributed by atoms with Crippen molar-refractivity contribution >= 4 is 23.2 Å². The van der Waals surface area contributed by atoms with Crippen molar-refractivity contribution in [2.45, 2.75) is 6.54 Å². The van der Waals surface area contributed by atoms with Gasteiger partial charge < -0.3 is 10.6 Å². The predicted octanol–water partition coefficient (Wildman–Crippen LogP) is 3.18. The Morgan fingerprint density at radius 2 is 1.95 bits per heavy atom. The van der Waals surface area contributed by atoms with E-state index in [0.717, 1.165) is 11.3 Å². The number of carbonyl (C=O) groups excluding carboxylic acids is 1. The van der Waals surface area contributed by atoms with E-state index >= 15 is 0 Å². The van der Waals surface area contributed by atoms with E-state index in [2.05, 4.69) is 16.7 Å². The second kappa shape index (κ2) is 6.78. The minimum Gasteiger partial charge on any atom is -0.381 e. The van der Waals surface area contributed by atoms with Crippen molar-refractivity contribution in [1.82, 2.24) is 5.32 Å². The van der Waals surface area contributed by atoms with Gasteiger partial charge in [-0.1, -0.05) is 23.7 Å². The monoisotopic (exact) mass is 299 g/mol. The van der Waals surface area contributed by atoms with E-state index in [1.807, 2.05) is 18.2 Å². The molecule has 0 aliphatic rings. The van der Waals surface area contributed by atoms with E-state index in [-0.39, 0.29) is 5.91 Å². The Kier molecular flexibility index (Phi) is 4.81. The summed E-state index contributed by atoms with van der Waals surface area (Å²) >= 11 is 6.00. The van der Waals surface area contributed by atoms with Crippen LogP contribution in [-0.4, -0.2) is 13.0 Å². The number of nitriles is 1. The summed E-state index contributed by atoms with van der Waals surface area (Å²) < 4.78 is 0. The van der Waals surface area contributed by atoms with Gasteiger partial charge in [0.2, 0.25) is 0 Å². The zero-order valence-corrected chi connectivity index (χ0v) is 12.2. The SMILES string of the molecule is CNC(=O)c1cc(NCc2ccc(C#N)cc2)ccc1Cl. The summed E-state index contributed by atoms with van der Waals surface area (Å²) in [6, 6.07) is 14.6. The highest BCUT2D eigenvalue weighted by atomic mass is 35.5. The van der Waals surface area contributed by atoms with E-state index in [0.29, 0.717) is 22.7 Å². The molecule has 0 heterocycles. The van der Waals surface area contributed by atoms with Gasteiger partial charge in [-0.2, -0.15) is 5.26 Å². The zero-order valence-electron chi connectivity index (χ0n) is 11.5. The molecule has 0 atom stereocenters. The number of hydrogen-bond acceptors (Lipinski definition) is 3. The number of nitrogens with zero attached hydrogens (tertiary/aromatic N) is 1. The van der Waals surface area contributed by atoms with Gasteiger partial charge in [-0.3, -0.25) is 4.79 Å². The Labute approximate surface area is 128 Å². The highest BCUT2D eigenvalue weighted by Crippen LogP contribution is 2.21. The van der Waals surface area contributed by atoms with Crippen LogP contribution in [0.4, 0.5) is 5.69 Å².